The minimum atomic E-state index is -0.364. The molecule has 0 aliphatic carbocycles. The smallest absolute Gasteiger partial charge is 0.324 e. The molecule has 0 saturated heterocycles. The minimum absolute atomic E-state index is 0.171. The van der Waals surface area contributed by atoms with Crippen LogP contribution in [0.25, 0.3) is 0 Å². The fourth-order valence-corrected chi connectivity index (χ4v) is 2.51. The zero-order valence-corrected chi connectivity index (χ0v) is 12.0. The number of hydrogen-bond acceptors (Lipinski definition) is 5. The highest BCUT2D eigenvalue weighted by Crippen LogP contribution is 2.24. The van der Waals surface area contributed by atoms with Crippen LogP contribution in [0.15, 0.2) is 35.7 Å². The SMILES string of the molecule is CCOCc1ccccc1NCc1csc([N+](=O)[O-])c1. The third-order valence-corrected chi connectivity index (χ3v) is 3.71. The summed E-state index contributed by atoms with van der Waals surface area (Å²) in [6.45, 7) is 3.75. The lowest BCUT2D eigenvalue weighted by Crippen LogP contribution is -2.03. The van der Waals surface area contributed by atoms with E-state index in [-0.39, 0.29) is 9.92 Å². The molecule has 0 aliphatic rings. The molecule has 1 aromatic carbocycles. The van der Waals surface area contributed by atoms with Crippen LogP contribution in [0.4, 0.5) is 10.7 Å². The van der Waals surface area contributed by atoms with Crippen LogP contribution in [0, 0.1) is 10.1 Å². The van der Waals surface area contributed by atoms with E-state index in [4.69, 9.17) is 4.74 Å². The van der Waals surface area contributed by atoms with Crippen molar-refractivity contribution in [2.75, 3.05) is 11.9 Å². The second-order valence-corrected chi connectivity index (χ2v) is 5.09. The first kappa shape index (κ1) is 14.5. The molecule has 0 spiro atoms. The fourth-order valence-electron chi connectivity index (χ4n) is 1.78. The van der Waals surface area contributed by atoms with Crippen molar-refractivity contribution in [2.45, 2.75) is 20.1 Å². The predicted molar refractivity (Wildman–Crippen MR) is 80.1 cm³/mol. The van der Waals surface area contributed by atoms with Crippen LogP contribution in [0.2, 0.25) is 0 Å². The molecule has 6 heteroatoms. The summed E-state index contributed by atoms with van der Waals surface area (Å²) in [5.74, 6) is 0. The second kappa shape index (κ2) is 7.02. The summed E-state index contributed by atoms with van der Waals surface area (Å²) in [5, 5.41) is 15.9. The molecule has 0 fully saturated rings. The van der Waals surface area contributed by atoms with E-state index in [1.165, 1.54) is 0 Å². The lowest BCUT2D eigenvalue weighted by atomic mass is 10.2. The number of nitro groups is 1. The van der Waals surface area contributed by atoms with Crippen LogP contribution in [-0.2, 0) is 17.9 Å². The Labute approximate surface area is 121 Å². The first-order valence-corrected chi connectivity index (χ1v) is 7.20. The van der Waals surface area contributed by atoms with E-state index in [2.05, 4.69) is 5.32 Å². The van der Waals surface area contributed by atoms with Crippen molar-refractivity contribution in [1.29, 1.82) is 0 Å². The molecule has 0 bridgehead atoms. The van der Waals surface area contributed by atoms with Crippen LogP contribution in [-0.4, -0.2) is 11.5 Å². The monoisotopic (exact) mass is 292 g/mol. The highest BCUT2D eigenvalue weighted by Gasteiger charge is 2.09. The molecule has 20 heavy (non-hydrogen) atoms. The number of thiophene rings is 1. The molecule has 0 aliphatic heterocycles. The summed E-state index contributed by atoms with van der Waals surface area (Å²) in [4.78, 5) is 10.3. The number of nitrogens with zero attached hydrogens (tertiary/aromatic N) is 1. The molecule has 0 saturated carbocycles. The number of anilines is 1. The van der Waals surface area contributed by atoms with Gasteiger partial charge < -0.3 is 10.1 Å². The van der Waals surface area contributed by atoms with Crippen LogP contribution in [0.3, 0.4) is 0 Å². The van der Waals surface area contributed by atoms with E-state index in [0.717, 1.165) is 28.2 Å². The van der Waals surface area contributed by atoms with Crippen LogP contribution >= 0.6 is 11.3 Å². The Kier molecular flexibility index (Phi) is 5.09. The molecule has 5 nitrogen and oxygen atoms in total. The van der Waals surface area contributed by atoms with Gasteiger partial charge in [0, 0.05) is 35.8 Å². The van der Waals surface area contributed by atoms with Crippen molar-refractivity contribution in [3.63, 3.8) is 0 Å². The molecular weight excluding hydrogens is 276 g/mol. The molecule has 0 atom stereocenters. The zero-order valence-electron chi connectivity index (χ0n) is 11.2. The van der Waals surface area contributed by atoms with Crippen molar-refractivity contribution < 1.29 is 9.66 Å². The number of para-hydroxylation sites is 1. The topological polar surface area (TPSA) is 64.4 Å². The number of nitrogens with one attached hydrogen (secondary N) is 1. The average Bonchev–Trinajstić information content (AvgIpc) is 2.93. The van der Waals surface area contributed by atoms with E-state index in [0.29, 0.717) is 19.8 Å². The number of benzene rings is 1. The van der Waals surface area contributed by atoms with Gasteiger partial charge in [0.15, 0.2) is 0 Å². The number of rotatable bonds is 7. The van der Waals surface area contributed by atoms with Gasteiger partial charge in [-0.05, 0) is 18.6 Å². The number of ether oxygens (including phenoxy) is 1. The van der Waals surface area contributed by atoms with Gasteiger partial charge in [-0.15, -0.1) is 0 Å². The fraction of sp³-hybridized carbons (Fsp3) is 0.286. The van der Waals surface area contributed by atoms with E-state index in [1.54, 1.807) is 11.4 Å². The zero-order chi connectivity index (χ0) is 14.4. The molecule has 1 heterocycles. The van der Waals surface area contributed by atoms with E-state index < -0.39 is 0 Å². The van der Waals surface area contributed by atoms with Crippen LogP contribution in [0.1, 0.15) is 18.1 Å². The highest BCUT2D eigenvalue weighted by atomic mass is 32.1. The standard InChI is InChI=1S/C14H16N2O3S/c1-2-19-9-12-5-3-4-6-13(12)15-8-11-7-14(16(17)18)20-10-11/h3-7,10,15H,2,8-9H2,1H3. The van der Waals surface area contributed by atoms with Gasteiger partial charge in [-0.1, -0.05) is 29.5 Å². The van der Waals surface area contributed by atoms with Crippen molar-refractivity contribution in [3.05, 3.63) is 57.0 Å². The van der Waals surface area contributed by atoms with Gasteiger partial charge in [0.05, 0.1) is 11.5 Å². The Bertz CT molecular complexity index is 583. The maximum Gasteiger partial charge on any atom is 0.324 e. The average molecular weight is 292 g/mol. The van der Waals surface area contributed by atoms with Gasteiger partial charge in [-0.3, -0.25) is 10.1 Å². The molecule has 2 rings (SSSR count). The Morgan fingerprint density at radius 3 is 2.90 bits per heavy atom. The maximum atomic E-state index is 10.6. The van der Waals surface area contributed by atoms with Crippen molar-refractivity contribution in [1.82, 2.24) is 0 Å². The quantitative estimate of drug-likeness (QED) is 0.622. The highest BCUT2D eigenvalue weighted by molar-refractivity contribution is 7.13. The molecule has 1 N–H and O–H groups in total. The van der Waals surface area contributed by atoms with Gasteiger partial charge in [-0.2, -0.15) is 0 Å². The summed E-state index contributed by atoms with van der Waals surface area (Å²) < 4.78 is 5.42. The summed E-state index contributed by atoms with van der Waals surface area (Å²) >= 11 is 1.15. The summed E-state index contributed by atoms with van der Waals surface area (Å²) in [6, 6.07) is 9.51. The largest absolute Gasteiger partial charge is 0.381 e. The van der Waals surface area contributed by atoms with Gasteiger partial charge in [-0.25, -0.2) is 0 Å². The molecule has 0 unspecified atom stereocenters. The Morgan fingerprint density at radius 2 is 2.20 bits per heavy atom. The lowest BCUT2D eigenvalue weighted by Gasteiger charge is -2.11. The van der Waals surface area contributed by atoms with Gasteiger partial charge >= 0.3 is 5.00 Å². The summed E-state index contributed by atoms with van der Waals surface area (Å²) in [5.41, 5.74) is 2.99. The molecule has 1 aromatic heterocycles. The minimum Gasteiger partial charge on any atom is -0.381 e. The Morgan fingerprint density at radius 1 is 1.40 bits per heavy atom. The predicted octanol–water partition coefficient (Wildman–Crippen LogP) is 3.80. The normalized spacial score (nSPS) is 10.4. The molecule has 106 valence electrons. The molecular formula is C14H16N2O3S. The van der Waals surface area contributed by atoms with Crippen molar-refractivity contribution >= 4 is 22.0 Å². The lowest BCUT2D eigenvalue weighted by molar-refractivity contribution is -0.380. The first-order chi connectivity index (χ1) is 9.70. The van der Waals surface area contributed by atoms with Gasteiger partial charge in [0.25, 0.3) is 0 Å². The van der Waals surface area contributed by atoms with Crippen molar-refractivity contribution in [2.24, 2.45) is 0 Å². The van der Waals surface area contributed by atoms with Crippen molar-refractivity contribution in [3.8, 4) is 0 Å². The van der Waals surface area contributed by atoms with Crippen LogP contribution in [0.5, 0.6) is 0 Å². The summed E-state index contributed by atoms with van der Waals surface area (Å²) in [6.07, 6.45) is 0. The second-order valence-electron chi connectivity index (χ2n) is 4.20. The Balaban J connectivity index is 2.00. The van der Waals surface area contributed by atoms with Gasteiger partial charge in [0.1, 0.15) is 0 Å². The number of hydrogen-bond donors (Lipinski definition) is 1. The first-order valence-electron chi connectivity index (χ1n) is 6.32. The van der Waals surface area contributed by atoms with E-state index >= 15 is 0 Å². The molecule has 0 radical (unpaired) electrons. The Hall–Kier alpha value is -1.92. The van der Waals surface area contributed by atoms with E-state index in [1.807, 2.05) is 31.2 Å². The van der Waals surface area contributed by atoms with Gasteiger partial charge in [0.2, 0.25) is 0 Å². The molecule has 2 aromatic rings. The maximum absolute atomic E-state index is 10.6. The molecule has 0 amide bonds. The third kappa shape index (κ3) is 3.79. The summed E-state index contributed by atoms with van der Waals surface area (Å²) in [7, 11) is 0. The third-order valence-electron chi connectivity index (χ3n) is 2.78. The van der Waals surface area contributed by atoms with Crippen LogP contribution < -0.4 is 5.32 Å². The van der Waals surface area contributed by atoms with E-state index in [9.17, 15) is 10.1 Å².